The topological polar surface area (TPSA) is 59.9 Å². The number of alkyl halides is 1. The van der Waals surface area contributed by atoms with Crippen LogP contribution in [0.4, 0.5) is 0 Å². The van der Waals surface area contributed by atoms with E-state index in [9.17, 15) is 8.42 Å². The van der Waals surface area contributed by atoms with Gasteiger partial charge in [0, 0.05) is 12.1 Å². The summed E-state index contributed by atoms with van der Waals surface area (Å²) in [5.41, 5.74) is 1.04. The van der Waals surface area contributed by atoms with Crippen molar-refractivity contribution in [1.82, 2.24) is 9.97 Å². The Morgan fingerprint density at radius 1 is 1.44 bits per heavy atom. The fourth-order valence-electron chi connectivity index (χ4n) is 1.28. The SMILES string of the molecule is Cc1cnc(C)c(S(=O)(=O)C(C)CCCl)n1. The predicted octanol–water partition coefficient (Wildman–Crippen LogP) is 1.88. The average Bonchev–Trinajstić information content (AvgIpc) is 2.22. The molecule has 0 fully saturated rings. The summed E-state index contributed by atoms with van der Waals surface area (Å²) in [5, 5.41) is -0.454. The molecule has 16 heavy (non-hydrogen) atoms. The van der Waals surface area contributed by atoms with E-state index in [-0.39, 0.29) is 5.03 Å². The molecular weight excluding hydrogens is 248 g/mol. The molecule has 0 amide bonds. The largest absolute Gasteiger partial charge is 0.257 e. The molecule has 0 aliphatic rings. The van der Waals surface area contributed by atoms with Crippen LogP contribution in [0.3, 0.4) is 0 Å². The molecule has 1 unspecified atom stereocenters. The van der Waals surface area contributed by atoms with Gasteiger partial charge in [-0.1, -0.05) is 0 Å². The molecule has 6 heteroatoms. The van der Waals surface area contributed by atoms with Crippen LogP contribution in [-0.4, -0.2) is 29.5 Å². The summed E-state index contributed by atoms with van der Waals surface area (Å²) in [6.07, 6.45) is 1.97. The van der Waals surface area contributed by atoms with Crippen LogP contribution in [0.1, 0.15) is 24.7 Å². The van der Waals surface area contributed by atoms with E-state index in [1.54, 1.807) is 27.0 Å². The highest BCUT2D eigenvalue weighted by Crippen LogP contribution is 2.19. The lowest BCUT2D eigenvalue weighted by atomic mass is 10.4. The van der Waals surface area contributed by atoms with Crippen molar-refractivity contribution in [3.05, 3.63) is 17.6 Å². The molecule has 0 aliphatic heterocycles. The number of sulfone groups is 1. The van der Waals surface area contributed by atoms with Gasteiger partial charge in [-0.3, -0.25) is 4.98 Å². The van der Waals surface area contributed by atoms with Gasteiger partial charge in [0.05, 0.1) is 16.6 Å². The van der Waals surface area contributed by atoms with E-state index in [4.69, 9.17) is 11.6 Å². The van der Waals surface area contributed by atoms with Gasteiger partial charge in [-0.2, -0.15) is 0 Å². The van der Waals surface area contributed by atoms with E-state index in [2.05, 4.69) is 9.97 Å². The molecular formula is C10H15ClN2O2S. The minimum Gasteiger partial charge on any atom is -0.257 e. The summed E-state index contributed by atoms with van der Waals surface area (Å²) < 4.78 is 24.3. The molecule has 1 heterocycles. The first kappa shape index (κ1) is 13.4. The molecule has 0 bridgehead atoms. The summed E-state index contributed by atoms with van der Waals surface area (Å²) >= 11 is 5.56. The van der Waals surface area contributed by atoms with Gasteiger partial charge in [0.1, 0.15) is 0 Å². The smallest absolute Gasteiger partial charge is 0.200 e. The van der Waals surface area contributed by atoms with E-state index in [1.165, 1.54) is 0 Å². The third kappa shape index (κ3) is 2.71. The third-order valence-corrected chi connectivity index (χ3v) is 4.79. The van der Waals surface area contributed by atoms with Crippen LogP contribution in [0.25, 0.3) is 0 Å². The number of halogens is 1. The van der Waals surface area contributed by atoms with Gasteiger partial charge >= 0.3 is 0 Å². The molecule has 0 aromatic carbocycles. The summed E-state index contributed by atoms with van der Waals surface area (Å²) in [7, 11) is -3.41. The zero-order valence-electron chi connectivity index (χ0n) is 9.57. The fourth-order valence-corrected chi connectivity index (χ4v) is 3.29. The fraction of sp³-hybridized carbons (Fsp3) is 0.600. The van der Waals surface area contributed by atoms with Gasteiger partial charge in [0.25, 0.3) is 0 Å². The second-order valence-electron chi connectivity index (χ2n) is 3.74. The quantitative estimate of drug-likeness (QED) is 0.778. The van der Waals surface area contributed by atoms with Crippen LogP contribution in [0.5, 0.6) is 0 Å². The van der Waals surface area contributed by atoms with Gasteiger partial charge in [0.2, 0.25) is 0 Å². The predicted molar refractivity (Wildman–Crippen MR) is 63.5 cm³/mol. The van der Waals surface area contributed by atoms with Crippen LogP contribution in [-0.2, 0) is 9.84 Å². The number of aryl methyl sites for hydroxylation is 2. The molecule has 0 saturated heterocycles. The molecule has 4 nitrogen and oxygen atoms in total. The van der Waals surface area contributed by atoms with Crippen molar-refractivity contribution < 1.29 is 8.42 Å². The number of hydrogen-bond donors (Lipinski definition) is 0. The Labute approximate surface area is 101 Å². The first-order valence-electron chi connectivity index (χ1n) is 4.99. The number of nitrogens with zero attached hydrogens (tertiary/aromatic N) is 2. The molecule has 0 radical (unpaired) electrons. The number of rotatable bonds is 4. The molecule has 0 aliphatic carbocycles. The molecule has 0 saturated carbocycles. The molecule has 1 aromatic heterocycles. The lowest BCUT2D eigenvalue weighted by molar-refractivity contribution is 0.575. The maximum absolute atomic E-state index is 12.1. The Morgan fingerprint density at radius 2 is 2.06 bits per heavy atom. The van der Waals surface area contributed by atoms with Gasteiger partial charge in [-0.15, -0.1) is 11.6 Å². The van der Waals surface area contributed by atoms with Crippen molar-refractivity contribution in [2.45, 2.75) is 37.5 Å². The van der Waals surface area contributed by atoms with E-state index in [1.807, 2.05) is 0 Å². The van der Waals surface area contributed by atoms with Gasteiger partial charge in [-0.25, -0.2) is 13.4 Å². The van der Waals surface area contributed by atoms with E-state index in [0.717, 1.165) is 0 Å². The molecule has 1 atom stereocenters. The summed E-state index contributed by atoms with van der Waals surface area (Å²) in [5.74, 6) is 0.318. The standard InChI is InChI=1S/C10H15ClN2O2S/c1-7-6-12-9(3)10(13-7)16(14,15)8(2)4-5-11/h6,8H,4-5H2,1-3H3. The van der Waals surface area contributed by atoms with Crippen molar-refractivity contribution in [3.63, 3.8) is 0 Å². The van der Waals surface area contributed by atoms with Crippen LogP contribution >= 0.6 is 11.6 Å². The van der Waals surface area contributed by atoms with Crippen molar-refractivity contribution in [3.8, 4) is 0 Å². The number of aromatic nitrogens is 2. The maximum atomic E-state index is 12.1. The first-order chi connectivity index (χ1) is 7.39. The summed E-state index contributed by atoms with van der Waals surface area (Å²) in [4.78, 5) is 8.07. The molecule has 0 N–H and O–H groups in total. The van der Waals surface area contributed by atoms with Crippen molar-refractivity contribution in [2.24, 2.45) is 0 Å². The normalized spacial score (nSPS) is 13.8. The Balaban J connectivity index is 3.21. The summed E-state index contributed by atoms with van der Waals surface area (Å²) in [6.45, 7) is 5.01. The minimum absolute atomic E-state index is 0.0742. The molecule has 0 spiro atoms. The number of hydrogen-bond acceptors (Lipinski definition) is 4. The highest BCUT2D eigenvalue weighted by Gasteiger charge is 2.26. The van der Waals surface area contributed by atoms with Crippen molar-refractivity contribution in [1.29, 1.82) is 0 Å². The molecule has 90 valence electrons. The van der Waals surface area contributed by atoms with Crippen molar-refractivity contribution >= 4 is 21.4 Å². The second-order valence-corrected chi connectivity index (χ2v) is 6.39. The minimum atomic E-state index is -3.41. The second kappa shape index (κ2) is 5.10. The Bertz CT molecular complexity index is 474. The molecule has 1 rings (SSSR count). The van der Waals surface area contributed by atoms with Gasteiger partial charge < -0.3 is 0 Å². The zero-order chi connectivity index (χ0) is 12.3. The third-order valence-electron chi connectivity index (χ3n) is 2.35. The lowest BCUT2D eigenvalue weighted by Gasteiger charge is -2.12. The van der Waals surface area contributed by atoms with E-state index >= 15 is 0 Å². The Kier molecular flexibility index (Phi) is 4.27. The van der Waals surface area contributed by atoms with Crippen LogP contribution in [0, 0.1) is 13.8 Å². The van der Waals surface area contributed by atoms with Crippen LogP contribution < -0.4 is 0 Å². The van der Waals surface area contributed by atoms with E-state index < -0.39 is 15.1 Å². The van der Waals surface area contributed by atoms with Crippen LogP contribution in [0.15, 0.2) is 11.2 Å². The molecule has 1 aromatic rings. The lowest BCUT2D eigenvalue weighted by Crippen LogP contribution is -2.21. The Morgan fingerprint density at radius 3 is 2.62 bits per heavy atom. The monoisotopic (exact) mass is 262 g/mol. The Hall–Kier alpha value is -0.680. The zero-order valence-corrected chi connectivity index (χ0v) is 11.1. The van der Waals surface area contributed by atoms with Gasteiger partial charge in [0.15, 0.2) is 14.9 Å². The van der Waals surface area contributed by atoms with Crippen molar-refractivity contribution in [2.75, 3.05) is 5.88 Å². The summed E-state index contributed by atoms with van der Waals surface area (Å²) in [6, 6.07) is 0. The van der Waals surface area contributed by atoms with Gasteiger partial charge in [-0.05, 0) is 27.2 Å². The highest BCUT2D eigenvalue weighted by atomic mass is 35.5. The first-order valence-corrected chi connectivity index (χ1v) is 7.07. The van der Waals surface area contributed by atoms with Crippen LogP contribution in [0.2, 0.25) is 0 Å². The average molecular weight is 263 g/mol. The highest BCUT2D eigenvalue weighted by molar-refractivity contribution is 7.92. The maximum Gasteiger partial charge on any atom is 0.200 e. The van der Waals surface area contributed by atoms with E-state index in [0.29, 0.717) is 23.7 Å².